The van der Waals surface area contributed by atoms with Gasteiger partial charge in [-0.05, 0) is 30.7 Å². The van der Waals surface area contributed by atoms with Gasteiger partial charge in [-0.2, -0.15) is 0 Å². The maximum Gasteiger partial charge on any atom is 0.0497 e. The van der Waals surface area contributed by atoms with Crippen molar-refractivity contribution >= 4 is 10.9 Å². The molecule has 0 N–H and O–H groups in total. The van der Waals surface area contributed by atoms with Gasteiger partial charge in [-0.1, -0.05) is 35.9 Å². The lowest BCUT2D eigenvalue weighted by Gasteiger charge is -2.00. The Morgan fingerprint density at radius 3 is 2.82 bits per heavy atom. The first-order valence-electron chi connectivity index (χ1n) is 6.01. The molecule has 0 unspecified atom stereocenters. The molecule has 1 heteroatoms. The second-order valence-electron chi connectivity index (χ2n) is 4.84. The van der Waals surface area contributed by atoms with Gasteiger partial charge in [0.1, 0.15) is 0 Å². The third-order valence-electron chi connectivity index (χ3n) is 3.68. The zero-order chi connectivity index (χ0) is 11.4. The van der Waals surface area contributed by atoms with Crippen LogP contribution in [0.1, 0.15) is 11.1 Å². The standard InChI is InChI=1S/C16H13N/c1-11-6-7-15-13(8-11)9-16-14-5-3-2-4-12(14)10-17(15)16/h2-9H,10H2,1H3. The topological polar surface area (TPSA) is 4.93 Å². The molecule has 1 aliphatic heterocycles. The van der Waals surface area contributed by atoms with E-state index in [4.69, 9.17) is 0 Å². The molecular weight excluding hydrogens is 206 g/mol. The summed E-state index contributed by atoms with van der Waals surface area (Å²) in [5.74, 6) is 0. The van der Waals surface area contributed by atoms with Crippen molar-refractivity contribution in [3.8, 4) is 11.3 Å². The number of aryl methyl sites for hydroxylation is 1. The number of aromatic nitrogens is 1. The number of benzene rings is 2. The van der Waals surface area contributed by atoms with E-state index in [0.717, 1.165) is 6.54 Å². The van der Waals surface area contributed by atoms with Crippen molar-refractivity contribution < 1.29 is 0 Å². The van der Waals surface area contributed by atoms with E-state index in [1.807, 2.05) is 0 Å². The Kier molecular flexibility index (Phi) is 1.60. The minimum absolute atomic E-state index is 1.01. The van der Waals surface area contributed by atoms with Gasteiger partial charge in [-0.3, -0.25) is 0 Å². The molecule has 3 aromatic rings. The van der Waals surface area contributed by atoms with Crippen LogP contribution >= 0.6 is 0 Å². The van der Waals surface area contributed by atoms with Gasteiger partial charge in [0.25, 0.3) is 0 Å². The highest BCUT2D eigenvalue weighted by Gasteiger charge is 2.19. The number of fused-ring (bicyclic) bond motifs is 5. The average Bonchev–Trinajstić information content (AvgIpc) is 2.84. The van der Waals surface area contributed by atoms with Gasteiger partial charge >= 0.3 is 0 Å². The fourth-order valence-electron chi connectivity index (χ4n) is 2.86. The second kappa shape index (κ2) is 3.01. The Morgan fingerprint density at radius 1 is 1.00 bits per heavy atom. The molecule has 1 nitrogen and oxygen atoms in total. The monoisotopic (exact) mass is 219 g/mol. The molecule has 2 heterocycles. The maximum atomic E-state index is 2.42. The van der Waals surface area contributed by atoms with Gasteiger partial charge in [-0.15, -0.1) is 0 Å². The number of hydrogen-bond acceptors (Lipinski definition) is 0. The molecule has 1 aliphatic rings. The van der Waals surface area contributed by atoms with E-state index in [0.29, 0.717) is 0 Å². The average molecular weight is 219 g/mol. The first kappa shape index (κ1) is 9.06. The molecule has 0 radical (unpaired) electrons. The van der Waals surface area contributed by atoms with Gasteiger partial charge in [0.05, 0.1) is 0 Å². The van der Waals surface area contributed by atoms with Crippen LogP contribution in [0, 0.1) is 6.92 Å². The first-order valence-corrected chi connectivity index (χ1v) is 6.01. The lowest BCUT2D eigenvalue weighted by atomic mass is 10.1. The van der Waals surface area contributed by atoms with Crippen LogP contribution < -0.4 is 0 Å². The van der Waals surface area contributed by atoms with Crippen LogP contribution in [-0.2, 0) is 6.54 Å². The van der Waals surface area contributed by atoms with Crippen molar-refractivity contribution in [2.24, 2.45) is 0 Å². The fraction of sp³-hybridized carbons (Fsp3) is 0.125. The third-order valence-corrected chi connectivity index (χ3v) is 3.68. The normalized spacial score (nSPS) is 12.8. The van der Waals surface area contributed by atoms with Crippen molar-refractivity contribution in [1.82, 2.24) is 4.57 Å². The van der Waals surface area contributed by atoms with E-state index in [1.165, 1.54) is 33.3 Å². The van der Waals surface area contributed by atoms with E-state index in [2.05, 4.69) is 60.0 Å². The Balaban J connectivity index is 2.08. The molecule has 0 saturated carbocycles. The zero-order valence-electron chi connectivity index (χ0n) is 9.77. The smallest absolute Gasteiger partial charge is 0.0497 e. The van der Waals surface area contributed by atoms with Crippen molar-refractivity contribution in [1.29, 1.82) is 0 Å². The largest absolute Gasteiger partial charge is 0.336 e. The number of nitrogens with zero attached hydrogens (tertiary/aromatic N) is 1. The maximum absolute atomic E-state index is 2.42. The molecule has 0 amide bonds. The van der Waals surface area contributed by atoms with Gasteiger partial charge in [0.15, 0.2) is 0 Å². The first-order chi connectivity index (χ1) is 8.33. The fourth-order valence-corrected chi connectivity index (χ4v) is 2.86. The predicted octanol–water partition coefficient (Wildman–Crippen LogP) is 3.98. The number of rotatable bonds is 0. The lowest BCUT2D eigenvalue weighted by molar-refractivity contribution is 0.887. The minimum atomic E-state index is 1.01. The number of hydrogen-bond donors (Lipinski definition) is 0. The van der Waals surface area contributed by atoms with E-state index in [1.54, 1.807) is 0 Å². The van der Waals surface area contributed by atoms with E-state index < -0.39 is 0 Å². The summed E-state index contributed by atoms with van der Waals surface area (Å²) in [6.07, 6.45) is 0. The highest BCUT2D eigenvalue weighted by molar-refractivity contribution is 5.89. The van der Waals surface area contributed by atoms with Gasteiger partial charge in [0.2, 0.25) is 0 Å². The Hall–Kier alpha value is -2.02. The molecule has 4 rings (SSSR count). The van der Waals surface area contributed by atoms with Crippen LogP contribution in [0.4, 0.5) is 0 Å². The van der Waals surface area contributed by atoms with Crippen LogP contribution in [0.2, 0.25) is 0 Å². The van der Waals surface area contributed by atoms with E-state index in [9.17, 15) is 0 Å². The summed E-state index contributed by atoms with van der Waals surface area (Å²) in [6, 6.07) is 17.7. The van der Waals surface area contributed by atoms with Crippen LogP contribution in [0.25, 0.3) is 22.2 Å². The Morgan fingerprint density at radius 2 is 1.88 bits per heavy atom. The summed E-state index contributed by atoms with van der Waals surface area (Å²) in [6.45, 7) is 3.16. The van der Waals surface area contributed by atoms with Crippen molar-refractivity contribution in [2.75, 3.05) is 0 Å². The summed E-state index contributed by atoms with van der Waals surface area (Å²) >= 11 is 0. The molecular formula is C16H13N. The van der Waals surface area contributed by atoms with Crippen molar-refractivity contribution in [3.63, 3.8) is 0 Å². The van der Waals surface area contributed by atoms with Crippen molar-refractivity contribution in [2.45, 2.75) is 13.5 Å². The van der Waals surface area contributed by atoms with Gasteiger partial charge in [0, 0.05) is 28.7 Å². The third kappa shape index (κ3) is 1.14. The molecule has 0 aliphatic carbocycles. The van der Waals surface area contributed by atoms with Gasteiger partial charge in [-0.25, -0.2) is 0 Å². The van der Waals surface area contributed by atoms with Crippen molar-refractivity contribution in [3.05, 3.63) is 59.7 Å². The zero-order valence-corrected chi connectivity index (χ0v) is 9.77. The lowest BCUT2D eigenvalue weighted by Crippen LogP contribution is -1.91. The summed E-state index contributed by atoms with van der Waals surface area (Å²) in [5, 5.41) is 1.36. The highest BCUT2D eigenvalue weighted by Crippen LogP contribution is 2.36. The SMILES string of the molecule is Cc1ccc2c(c1)cc1n2Cc2ccccc2-1. The highest BCUT2D eigenvalue weighted by atomic mass is 15.0. The summed E-state index contributed by atoms with van der Waals surface area (Å²) in [4.78, 5) is 0. The predicted molar refractivity (Wildman–Crippen MR) is 71.2 cm³/mol. The molecule has 82 valence electrons. The molecule has 0 spiro atoms. The summed E-state index contributed by atoms with van der Waals surface area (Å²) in [7, 11) is 0. The van der Waals surface area contributed by atoms with Crippen LogP contribution in [0.3, 0.4) is 0 Å². The minimum Gasteiger partial charge on any atom is -0.336 e. The molecule has 0 atom stereocenters. The molecule has 0 bridgehead atoms. The van der Waals surface area contributed by atoms with Gasteiger partial charge < -0.3 is 4.57 Å². The van der Waals surface area contributed by atoms with E-state index in [-0.39, 0.29) is 0 Å². The molecule has 0 fully saturated rings. The quantitative estimate of drug-likeness (QED) is 0.421. The van der Waals surface area contributed by atoms with Crippen LogP contribution in [0.15, 0.2) is 48.5 Å². The summed E-state index contributed by atoms with van der Waals surface area (Å²) in [5.41, 5.74) is 6.87. The van der Waals surface area contributed by atoms with Crippen LogP contribution in [-0.4, -0.2) is 4.57 Å². The van der Waals surface area contributed by atoms with Crippen LogP contribution in [0.5, 0.6) is 0 Å². The van der Waals surface area contributed by atoms with E-state index >= 15 is 0 Å². The molecule has 17 heavy (non-hydrogen) atoms. The second-order valence-corrected chi connectivity index (χ2v) is 4.84. The molecule has 0 saturated heterocycles. The summed E-state index contributed by atoms with van der Waals surface area (Å²) < 4.78 is 2.42. The Labute approximate surface area is 100 Å². The molecule has 1 aromatic heterocycles. The molecule has 2 aromatic carbocycles. The Bertz CT molecular complexity index is 734.